The Hall–Kier alpha value is -1.55. The van der Waals surface area contributed by atoms with Crippen LogP contribution in [0.5, 0.6) is 0 Å². The lowest BCUT2D eigenvalue weighted by molar-refractivity contribution is -0.117. The Morgan fingerprint density at radius 3 is 2.95 bits per heavy atom. The Balaban J connectivity index is 2.09. The van der Waals surface area contributed by atoms with E-state index in [1.54, 1.807) is 6.92 Å². The van der Waals surface area contributed by atoms with Gasteiger partial charge in [-0.2, -0.15) is 8.42 Å². The lowest BCUT2D eigenvalue weighted by Gasteiger charge is -2.12. The largest absolute Gasteiger partial charge is 0.461 e. The molecule has 1 aromatic rings. The topological polar surface area (TPSA) is 93.6 Å². The van der Waals surface area contributed by atoms with Crippen molar-refractivity contribution in [2.75, 3.05) is 23.8 Å². The van der Waals surface area contributed by atoms with Crippen molar-refractivity contribution in [2.45, 2.75) is 13.3 Å². The Morgan fingerprint density at radius 2 is 2.33 bits per heavy atom. The first-order valence-electron chi connectivity index (χ1n) is 6.15. The van der Waals surface area contributed by atoms with E-state index < -0.39 is 27.9 Å². The quantitative estimate of drug-likeness (QED) is 0.587. The number of amides is 1. The van der Waals surface area contributed by atoms with Gasteiger partial charge in [-0.3, -0.25) is 9.69 Å². The van der Waals surface area contributed by atoms with Crippen molar-refractivity contribution in [3.05, 3.63) is 11.1 Å². The standard InChI is InChI=1S/C11H13FN2O5S2/c1-2-19-10(16)8-5-20-11(13-8)14-4-7(3-9(14)15)6-21(12,17)18/h5,7H,2-4,6H2,1H3. The van der Waals surface area contributed by atoms with Crippen LogP contribution in [0.15, 0.2) is 5.38 Å². The van der Waals surface area contributed by atoms with Gasteiger partial charge < -0.3 is 4.74 Å². The second-order valence-corrected chi connectivity index (χ2v) is 6.76. The number of carbonyl (C=O) groups excluding carboxylic acids is 2. The third kappa shape index (κ3) is 3.97. The molecule has 10 heteroatoms. The Kier molecular flexibility index (Phi) is 4.57. The molecular weight excluding hydrogens is 323 g/mol. The number of halogens is 1. The van der Waals surface area contributed by atoms with E-state index in [9.17, 15) is 21.9 Å². The molecule has 0 saturated carbocycles. The summed E-state index contributed by atoms with van der Waals surface area (Å²) in [7, 11) is -4.62. The smallest absolute Gasteiger partial charge is 0.357 e. The van der Waals surface area contributed by atoms with Crippen LogP contribution >= 0.6 is 11.3 Å². The summed E-state index contributed by atoms with van der Waals surface area (Å²) < 4.78 is 38.7. The van der Waals surface area contributed by atoms with Crippen molar-refractivity contribution >= 4 is 38.6 Å². The van der Waals surface area contributed by atoms with Gasteiger partial charge in [0.05, 0.1) is 12.4 Å². The van der Waals surface area contributed by atoms with Crippen LogP contribution in [0.25, 0.3) is 0 Å². The van der Waals surface area contributed by atoms with Gasteiger partial charge >= 0.3 is 16.2 Å². The van der Waals surface area contributed by atoms with Gasteiger partial charge in [0.2, 0.25) is 5.91 Å². The highest BCUT2D eigenvalue weighted by Crippen LogP contribution is 2.29. The fraction of sp³-hybridized carbons (Fsp3) is 0.545. The third-order valence-corrected chi connectivity index (χ3v) is 4.58. The number of carbonyl (C=O) groups is 2. The fourth-order valence-electron chi connectivity index (χ4n) is 2.05. The Bertz CT molecular complexity index is 657. The van der Waals surface area contributed by atoms with Crippen LogP contribution in [0.3, 0.4) is 0 Å². The number of rotatable bonds is 5. The second kappa shape index (κ2) is 6.06. The van der Waals surface area contributed by atoms with Crippen molar-refractivity contribution < 1.29 is 26.6 Å². The molecule has 21 heavy (non-hydrogen) atoms. The lowest BCUT2D eigenvalue weighted by atomic mass is 10.1. The van der Waals surface area contributed by atoms with Crippen molar-refractivity contribution in [3.8, 4) is 0 Å². The summed E-state index contributed by atoms with van der Waals surface area (Å²) in [6.45, 7) is 1.94. The molecule has 1 aliphatic rings. The molecule has 0 spiro atoms. The molecule has 1 saturated heterocycles. The van der Waals surface area contributed by atoms with E-state index in [1.165, 1.54) is 10.3 Å². The molecule has 0 aromatic carbocycles. The second-order valence-electron chi connectivity index (χ2n) is 4.52. The van der Waals surface area contributed by atoms with E-state index in [-0.39, 0.29) is 36.3 Å². The molecule has 0 radical (unpaired) electrons. The van der Waals surface area contributed by atoms with E-state index in [0.29, 0.717) is 0 Å². The van der Waals surface area contributed by atoms with E-state index in [2.05, 4.69) is 4.98 Å². The van der Waals surface area contributed by atoms with Crippen LogP contribution in [0.4, 0.5) is 9.02 Å². The predicted octanol–water partition coefficient (Wildman–Crippen LogP) is 0.972. The van der Waals surface area contributed by atoms with E-state index in [4.69, 9.17) is 4.74 Å². The number of hydrogen-bond donors (Lipinski definition) is 0. The highest BCUT2D eigenvalue weighted by molar-refractivity contribution is 7.86. The number of aromatic nitrogens is 1. The van der Waals surface area contributed by atoms with Gasteiger partial charge in [0.1, 0.15) is 0 Å². The molecule has 1 aliphatic heterocycles. The monoisotopic (exact) mass is 336 g/mol. The first kappa shape index (κ1) is 15.8. The van der Waals surface area contributed by atoms with Crippen LogP contribution in [-0.2, 0) is 19.8 Å². The number of thiazole rings is 1. The summed E-state index contributed by atoms with van der Waals surface area (Å²) in [5.74, 6) is -2.23. The van der Waals surface area contributed by atoms with Gasteiger partial charge in [-0.15, -0.1) is 15.2 Å². The van der Waals surface area contributed by atoms with Gasteiger partial charge in [0, 0.05) is 24.3 Å². The van der Waals surface area contributed by atoms with Gasteiger partial charge in [0.25, 0.3) is 0 Å². The van der Waals surface area contributed by atoms with Crippen LogP contribution < -0.4 is 4.90 Å². The average Bonchev–Trinajstić information content (AvgIpc) is 2.94. The summed E-state index contributed by atoms with van der Waals surface area (Å²) >= 11 is 1.07. The number of anilines is 1. The molecule has 7 nitrogen and oxygen atoms in total. The first-order chi connectivity index (χ1) is 9.80. The molecule has 1 aromatic heterocycles. The minimum absolute atomic E-state index is 0.0581. The maximum atomic E-state index is 12.7. The molecule has 2 rings (SSSR count). The minimum Gasteiger partial charge on any atom is -0.461 e. The van der Waals surface area contributed by atoms with Crippen molar-refractivity contribution in [3.63, 3.8) is 0 Å². The van der Waals surface area contributed by atoms with E-state index in [0.717, 1.165) is 11.3 Å². The molecule has 1 atom stereocenters. The zero-order chi connectivity index (χ0) is 15.6. The number of ether oxygens (including phenoxy) is 1. The van der Waals surface area contributed by atoms with Gasteiger partial charge in [0.15, 0.2) is 10.8 Å². The molecule has 0 aliphatic carbocycles. The lowest BCUT2D eigenvalue weighted by Crippen LogP contribution is -2.25. The van der Waals surface area contributed by atoms with Crippen LogP contribution in [-0.4, -0.2) is 44.2 Å². The predicted molar refractivity (Wildman–Crippen MR) is 73.4 cm³/mol. The summed E-state index contributed by atoms with van der Waals surface area (Å²) in [5, 5.41) is 1.74. The van der Waals surface area contributed by atoms with Gasteiger partial charge in [-0.05, 0) is 6.92 Å². The van der Waals surface area contributed by atoms with E-state index >= 15 is 0 Å². The average molecular weight is 336 g/mol. The number of hydrogen-bond acceptors (Lipinski definition) is 7. The van der Waals surface area contributed by atoms with Crippen molar-refractivity contribution in [1.29, 1.82) is 0 Å². The number of nitrogens with zero attached hydrogens (tertiary/aromatic N) is 2. The molecule has 116 valence electrons. The van der Waals surface area contributed by atoms with E-state index in [1.807, 2.05) is 0 Å². The highest BCUT2D eigenvalue weighted by Gasteiger charge is 2.35. The van der Waals surface area contributed by atoms with Crippen LogP contribution in [0.1, 0.15) is 23.8 Å². The SMILES string of the molecule is CCOC(=O)c1csc(N2CC(CS(=O)(=O)F)CC2=O)n1. The molecule has 0 bridgehead atoms. The summed E-state index contributed by atoms with van der Waals surface area (Å²) in [4.78, 5) is 28.6. The zero-order valence-electron chi connectivity index (χ0n) is 11.1. The fourth-order valence-corrected chi connectivity index (χ4v) is 3.65. The zero-order valence-corrected chi connectivity index (χ0v) is 12.7. The maximum absolute atomic E-state index is 12.7. The highest BCUT2D eigenvalue weighted by atomic mass is 32.3. The van der Waals surface area contributed by atoms with Crippen LogP contribution in [0.2, 0.25) is 0 Å². The van der Waals surface area contributed by atoms with Crippen molar-refractivity contribution in [1.82, 2.24) is 4.98 Å². The molecule has 1 unspecified atom stereocenters. The Morgan fingerprint density at radius 1 is 1.62 bits per heavy atom. The summed E-state index contributed by atoms with van der Waals surface area (Å²) in [6, 6.07) is 0. The third-order valence-electron chi connectivity index (χ3n) is 2.85. The molecule has 1 fully saturated rings. The number of esters is 1. The molecule has 0 N–H and O–H groups in total. The minimum atomic E-state index is -4.62. The first-order valence-corrected chi connectivity index (χ1v) is 8.58. The molecular formula is C11H13FN2O5S2. The van der Waals surface area contributed by atoms with Crippen molar-refractivity contribution in [2.24, 2.45) is 5.92 Å². The van der Waals surface area contributed by atoms with Gasteiger partial charge in [-0.25, -0.2) is 9.78 Å². The molecule has 1 amide bonds. The Labute approximate surface area is 124 Å². The maximum Gasteiger partial charge on any atom is 0.357 e. The summed E-state index contributed by atoms with van der Waals surface area (Å²) in [5.41, 5.74) is 0.0891. The van der Waals surface area contributed by atoms with Gasteiger partial charge in [-0.1, -0.05) is 0 Å². The molecule has 2 heterocycles. The summed E-state index contributed by atoms with van der Waals surface area (Å²) in [6.07, 6.45) is -0.0581. The normalized spacial score (nSPS) is 19.0. The van der Waals surface area contributed by atoms with Crippen LogP contribution in [0, 0.1) is 5.92 Å².